The predicted molar refractivity (Wildman–Crippen MR) is 111 cm³/mol. The van der Waals surface area contributed by atoms with E-state index in [-0.39, 0.29) is 18.1 Å². The third-order valence-electron chi connectivity index (χ3n) is 4.00. The average Bonchev–Trinajstić information content (AvgIpc) is 3.07. The third-order valence-corrected chi connectivity index (χ3v) is 4.20. The van der Waals surface area contributed by atoms with Crippen molar-refractivity contribution in [1.82, 2.24) is 14.9 Å². The second-order valence-corrected chi connectivity index (χ2v) is 7.13. The molecule has 0 fully saturated rings. The standard InChI is InChI=1S/C20H22ClN6O2/c1-25(2)13-22-17-11-10-16(21)24-27(17)12-15(26(3)4)18-20(28)29-19(23-18)14-8-6-5-7-9-14/h5-11,13H,12H2,1-4H3/q+1/b18-15-. The highest BCUT2D eigenvalue weighted by molar-refractivity contribution is 6.29. The molecule has 0 N–H and O–H groups in total. The lowest BCUT2D eigenvalue weighted by atomic mass is 10.2. The Morgan fingerprint density at radius 2 is 1.90 bits per heavy atom. The minimum absolute atomic E-state index is 0.227. The van der Waals surface area contributed by atoms with Gasteiger partial charge in [-0.3, -0.25) is 0 Å². The first-order chi connectivity index (χ1) is 13.8. The Hall–Kier alpha value is -3.26. The van der Waals surface area contributed by atoms with Gasteiger partial charge in [0.2, 0.25) is 12.2 Å². The Morgan fingerprint density at radius 1 is 1.17 bits per heavy atom. The Bertz CT molecular complexity index is 999. The first-order valence-corrected chi connectivity index (χ1v) is 9.27. The summed E-state index contributed by atoms with van der Waals surface area (Å²) in [5, 5.41) is 4.65. The Labute approximate surface area is 174 Å². The molecular weight excluding hydrogens is 392 g/mol. The first kappa shape index (κ1) is 20.5. The summed E-state index contributed by atoms with van der Waals surface area (Å²) in [5.41, 5.74) is 1.59. The van der Waals surface area contributed by atoms with Crippen molar-refractivity contribution in [3.63, 3.8) is 0 Å². The van der Waals surface area contributed by atoms with Crippen LogP contribution in [0.5, 0.6) is 0 Å². The maximum absolute atomic E-state index is 12.5. The van der Waals surface area contributed by atoms with Crippen molar-refractivity contribution < 1.29 is 14.2 Å². The molecule has 0 unspecified atom stereocenters. The topological polar surface area (TPSA) is 74.3 Å². The number of esters is 1. The van der Waals surface area contributed by atoms with E-state index in [2.05, 4.69) is 15.1 Å². The van der Waals surface area contributed by atoms with Crippen molar-refractivity contribution in [3.05, 3.63) is 64.6 Å². The van der Waals surface area contributed by atoms with E-state index in [0.717, 1.165) is 5.56 Å². The van der Waals surface area contributed by atoms with E-state index in [4.69, 9.17) is 16.3 Å². The molecule has 150 valence electrons. The molecule has 0 amide bonds. The van der Waals surface area contributed by atoms with E-state index in [1.165, 1.54) is 0 Å². The van der Waals surface area contributed by atoms with Gasteiger partial charge in [-0.25, -0.2) is 9.79 Å². The molecule has 9 heteroatoms. The van der Waals surface area contributed by atoms with Crippen LogP contribution in [-0.4, -0.2) is 61.3 Å². The largest absolute Gasteiger partial charge is 0.402 e. The van der Waals surface area contributed by atoms with E-state index in [1.807, 2.05) is 68.3 Å². The van der Waals surface area contributed by atoms with Crippen LogP contribution in [0, 0.1) is 0 Å². The summed E-state index contributed by atoms with van der Waals surface area (Å²) in [7, 11) is 7.41. The highest BCUT2D eigenvalue weighted by atomic mass is 35.5. The normalized spacial score (nSPS) is 15.3. The van der Waals surface area contributed by atoms with Crippen LogP contribution in [0.4, 0.5) is 5.82 Å². The second kappa shape index (κ2) is 8.83. The molecule has 1 aliphatic rings. The van der Waals surface area contributed by atoms with Crippen molar-refractivity contribution in [1.29, 1.82) is 0 Å². The summed E-state index contributed by atoms with van der Waals surface area (Å²) in [6, 6.07) is 12.7. The van der Waals surface area contributed by atoms with Crippen LogP contribution in [0.2, 0.25) is 5.15 Å². The third kappa shape index (κ3) is 4.97. The SMILES string of the molecule is CN(C)C=Nc1ccc(Cl)n[n+]1C/C(=C1/N=C(c2ccccc2)OC1=O)N(C)C. The summed E-state index contributed by atoms with van der Waals surface area (Å²) in [5.74, 6) is 0.357. The molecular formula is C20H22ClN6O2+. The van der Waals surface area contributed by atoms with Gasteiger partial charge >= 0.3 is 11.8 Å². The molecule has 29 heavy (non-hydrogen) atoms. The number of ether oxygens (including phenoxy) is 1. The highest BCUT2D eigenvalue weighted by Crippen LogP contribution is 2.21. The fourth-order valence-electron chi connectivity index (χ4n) is 2.59. The Kier molecular flexibility index (Phi) is 6.23. The summed E-state index contributed by atoms with van der Waals surface area (Å²) < 4.78 is 7.02. The highest BCUT2D eigenvalue weighted by Gasteiger charge is 2.30. The van der Waals surface area contributed by atoms with Crippen LogP contribution >= 0.6 is 11.6 Å². The summed E-state index contributed by atoms with van der Waals surface area (Å²) in [4.78, 5) is 25.0. The van der Waals surface area contributed by atoms with E-state index >= 15 is 0 Å². The molecule has 1 aliphatic heterocycles. The number of benzene rings is 1. The minimum Gasteiger partial charge on any atom is -0.402 e. The molecule has 8 nitrogen and oxygen atoms in total. The van der Waals surface area contributed by atoms with E-state index in [9.17, 15) is 4.79 Å². The van der Waals surface area contributed by atoms with E-state index in [1.54, 1.807) is 23.2 Å². The van der Waals surface area contributed by atoms with Gasteiger partial charge < -0.3 is 14.5 Å². The van der Waals surface area contributed by atoms with Gasteiger partial charge in [0.15, 0.2) is 17.4 Å². The fraction of sp³-hybridized carbons (Fsp3) is 0.250. The zero-order valence-electron chi connectivity index (χ0n) is 16.7. The van der Waals surface area contributed by atoms with Crippen molar-refractivity contribution in [2.75, 3.05) is 28.2 Å². The lowest BCUT2D eigenvalue weighted by Gasteiger charge is -2.16. The molecule has 2 aromatic rings. The van der Waals surface area contributed by atoms with Gasteiger partial charge in [-0.1, -0.05) is 34.9 Å². The number of allylic oxidation sites excluding steroid dienone is 1. The van der Waals surface area contributed by atoms with Crippen molar-refractivity contribution in [2.45, 2.75) is 6.54 Å². The number of likely N-dealkylation sites (N-methyl/N-ethyl adjacent to an activating group) is 1. The van der Waals surface area contributed by atoms with Gasteiger partial charge in [0.1, 0.15) is 0 Å². The molecule has 0 aliphatic carbocycles. The number of carbonyl (C=O) groups excluding carboxylic acids is 1. The molecule has 0 radical (unpaired) electrons. The van der Waals surface area contributed by atoms with Crippen LogP contribution in [0.1, 0.15) is 5.56 Å². The Morgan fingerprint density at radius 3 is 2.55 bits per heavy atom. The van der Waals surface area contributed by atoms with Crippen LogP contribution in [-0.2, 0) is 16.1 Å². The van der Waals surface area contributed by atoms with Gasteiger partial charge in [-0.05, 0) is 23.2 Å². The van der Waals surface area contributed by atoms with Crippen LogP contribution in [0.3, 0.4) is 0 Å². The number of nitrogens with zero attached hydrogens (tertiary/aromatic N) is 6. The maximum Gasteiger partial charge on any atom is 0.365 e. The molecule has 0 saturated carbocycles. The van der Waals surface area contributed by atoms with Crippen LogP contribution in [0.15, 0.2) is 63.8 Å². The van der Waals surface area contributed by atoms with Crippen molar-refractivity contribution >= 4 is 35.6 Å². The summed E-state index contributed by atoms with van der Waals surface area (Å²) in [6.07, 6.45) is 1.67. The van der Waals surface area contributed by atoms with Crippen LogP contribution < -0.4 is 4.68 Å². The molecule has 2 heterocycles. The average molecular weight is 414 g/mol. The minimum atomic E-state index is -0.506. The van der Waals surface area contributed by atoms with Gasteiger partial charge in [-0.15, -0.1) is 4.68 Å². The molecule has 0 spiro atoms. The number of cyclic esters (lactones) is 1. The molecule has 0 atom stereocenters. The monoisotopic (exact) mass is 413 g/mol. The smallest absolute Gasteiger partial charge is 0.365 e. The zero-order chi connectivity index (χ0) is 21.0. The molecule has 1 aromatic carbocycles. The second-order valence-electron chi connectivity index (χ2n) is 6.74. The molecule has 3 rings (SSSR count). The first-order valence-electron chi connectivity index (χ1n) is 8.89. The zero-order valence-corrected chi connectivity index (χ0v) is 17.5. The van der Waals surface area contributed by atoms with Gasteiger partial charge in [-0.2, -0.15) is 0 Å². The number of aromatic nitrogens is 2. The van der Waals surface area contributed by atoms with Gasteiger partial charge in [0, 0.05) is 39.8 Å². The number of carbonyl (C=O) groups is 1. The number of hydrogen-bond donors (Lipinski definition) is 0. The molecule has 0 bridgehead atoms. The number of aliphatic imine (C=N–C) groups is 2. The Balaban J connectivity index is 2.02. The lowest BCUT2D eigenvalue weighted by Crippen LogP contribution is -2.42. The van der Waals surface area contributed by atoms with E-state index in [0.29, 0.717) is 16.7 Å². The number of hydrogen-bond acceptors (Lipinski definition) is 6. The molecule has 0 saturated heterocycles. The summed E-state index contributed by atoms with van der Waals surface area (Å²) in [6.45, 7) is 0.240. The summed E-state index contributed by atoms with van der Waals surface area (Å²) >= 11 is 6.09. The molecule has 1 aromatic heterocycles. The number of halogens is 1. The van der Waals surface area contributed by atoms with Crippen LogP contribution in [0.25, 0.3) is 0 Å². The quantitative estimate of drug-likeness (QED) is 0.238. The maximum atomic E-state index is 12.5. The van der Waals surface area contributed by atoms with Crippen molar-refractivity contribution in [3.8, 4) is 0 Å². The number of rotatable bonds is 6. The predicted octanol–water partition coefficient (Wildman–Crippen LogP) is 2.02. The van der Waals surface area contributed by atoms with Gasteiger partial charge in [0.25, 0.3) is 0 Å². The van der Waals surface area contributed by atoms with Crippen molar-refractivity contribution in [2.24, 2.45) is 9.98 Å². The lowest BCUT2D eigenvalue weighted by molar-refractivity contribution is -0.735. The van der Waals surface area contributed by atoms with E-state index < -0.39 is 5.97 Å². The fourth-order valence-corrected chi connectivity index (χ4v) is 2.75. The van der Waals surface area contributed by atoms with Gasteiger partial charge in [0.05, 0.1) is 5.70 Å².